The lowest BCUT2D eigenvalue weighted by atomic mass is 9.97. The first-order valence-electron chi connectivity index (χ1n) is 12.2. The molecule has 2 aromatic heterocycles. The summed E-state index contributed by atoms with van der Waals surface area (Å²) in [5.41, 5.74) is 2.23. The van der Waals surface area contributed by atoms with Crippen LogP contribution >= 0.6 is 7.75 Å². The SMILES string of the molecule is C#C[C@]1(F)C(n2ccc3c(=O)[nH]c(N)nc32)O[C@H](COP(=O)(N[C@@H](C)C(=O)OC(C)C)Oc2ccccc2)[C@@H]1O. The highest BCUT2D eigenvalue weighted by Gasteiger charge is 2.58. The summed E-state index contributed by atoms with van der Waals surface area (Å²) in [6.07, 6.45) is 1.26. The predicted octanol–water partition coefficient (Wildman–Crippen LogP) is 2.04. The number of nitrogens with zero attached hydrogens (tertiary/aromatic N) is 2. The van der Waals surface area contributed by atoms with Crippen LogP contribution in [0.15, 0.2) is 47.4 Å². The molecule has 0 amide bonds. The van der Waals surface area contributed by atoms with Crippen molar-refractivity contribution >= 4 is 30.7 Å². The number of para-hydroxylation sites is 1. The van der Waals surface area contributed by atoms with Crippen LogP contribution in [0, 0.1) is 12.3 Å². The van der Waals surface area contributed by atoms with Gasteiger partial charge in [-0.05, 0) is 39.0 Å². The molecule has 1 saturated heterocycles. The molecule has 3 aromatic rings. The fraction of sp³-hybridized carbons (Fsp3) is 0.400. The number of halogens is 1. The van der Waals surface area contributed by atoms with Gasteiger partial charge in [0.1, 0.15) is 24.0 Å². The van der Waals surface area contributed by atoms with E-state index in [-0.39, 0.29) is 22.7 Å². The van der Waals surface area contributed by atoms with E-state index in [2.05, 4.69) is 15.1 Å². The van der Waals surface area contributed by atoms with Crippen LogP contribution in [-0.4, -0.2) is 62.2 Å². The zero-order valence-corrected chi connectivity index (χ0v) is 22.7. The number of benzene rings is 1. The monoisotopic (exact) mass is 577 g/mol. The lowest BCUT2D eigenvalue weighted by molar-refractivity contribution is -0.149. The maximum absolute atomic E-state index is 16.0. The van der Waals surface area contributed by atoms with E-state index < -0.39 is 62.1 Å². The van der Waals surface area contributed by atoms with Gasteiger partial charge in [-0.25, -0.2) is 8.96 Å². The van der Waals surface area contributed by atoms with E-state index in [9.17, 15) is 19.3 Å². The van der Waals surface area contributed by atoms with E-state index in [0.29, 0.717) is 0 Å². The van der Waals surface area contributed by atoms with Crippen molar-refractivity contribution in [3.8, 4) is 18.1 Å². The second-order valence-electron chi connectivity index (χ2n) is 9.33. The lowest BCUT2D eigenvalue weighted by Gasteiger charge is -2.25. The number of aromatic nitrogens is 3. The molecular formula is C25H29FN5O8P. The number of rotatable bonds is 10. The molecule has 5 N–H and O–H groups in total. The molecular weight excluding hydrogens is 548 g/mol. The standard InChI is InChI=1S/C25H29FN5O8P/c1-5-25(26)19(32)18(38-23(25)31-12-11-17-20(31)28-24(27)29-21(17)33)13-36-40(35,39-16-9-7-6-8-10-16)30-15(4)22(34)37-14(2)3/h1,6-12,14-15,18-19,23,32H,13H2,2-4H3,(H,30,35)(H3,27,28,29,33)/t15-,18+,19-,23?,25+,40?/m0/s1. The van der Waals surface area contributed by atoms with Crippen molar-refractivity contribution in [2.75, 3.05) is 12.3 Å². The summed E-state index contributed by atoms with van der Waals surface area (Å²) in [4.78, 5) is 30.9. The molecule has 0 radical (unpaired) electrons. The quantitative estimate of drug-likeness (QED) is 0.157. The summed E-state index contributed by atoms with van der Waals surface area (Å²) in [6.45, 7) is 4.02. The van der Waals surface area contributed by atoms with Crippen LogP contribution in [0.25, 0.3) is 11.0 Å². The average molecular weight is 578 g/mol. The zero-order chi connectivity index (χ0) is 29.2. The first-order valence-corrected chi connectivity index (χ1v) is 13.7. The number of nitrogen functional groups attached to an aromatic ring is 1. The summed E-state index contributed by atoms with van der Waals surface area (Å²) in [6, 6.07) is 8.21. The topological polar surface area (TPSA) is 180 Å². The number of nitrogens with two attached hydrogens (primary N) is 1. The van der Waals surface area contributed by atoms with Crippen LogP contribution in [-0.2, 0) is 23.4 Å². The van der Waals surface area contributed by atoms with E-state index in [1.165, 1.54) is 31.3 Å². The summed E-state index contributed by atoms with van der Waals surface area (Å²) < 4.78 is 52.9. The normalized spacial score (nSPS) is 24.9. The van der Waals surface area contributed by atoms with Crippen molar-refractivity contribution in [1.29, 1.82) is 0 Å². The number of aromatic amines is 1. The van der Waals surface area contributed by atoms with E-state index >= 15 is 4.39 Å². The Morgan fingerprint density at radius 1 is 1.38 bits per heavy atom. The van der Waals surface area contributed by atoms with Gasteiger partial charge >= 0.3 is 13.7 Å². The second kappa shape index (κ2) is 11.4. The van der Waals surface area contributed by atoms with E-state index in [1.54, 1.807) is 32.0 Å². The summed E-state index contributed by atoms with van der Waals surface area (Å²) >= 11 is 0. The summed E-state index contributed by atoms with van der Waals surface area (Å²) in [5, 5.41) is 13.4. The average Bonchev–Trinajstić information content (AvgIpc) is 3.42. The molecule has 40 heavy (non-hydrogen) atoms. The molecule has 6 atom stereocenters. The molecule has 1 aromatic carbocycles. The minimum atomic E-state index is -4.35. The third-order valence-corrected chi connectivity index (χ3v) is 7.60. The first kappa shape index (κ1) is 29.3. The van der Waals surface area contributed by atoms with E-state index in [0.717, 1.165) is 4.57 Å². The Morgan fingerprint density at radius 3 is 2.73 bits per heavy atom. The third-order valence-electron chi connectivity index (χ3n) is 5.95. The molecule has 0 saturated carbocycles. The highest BCUT2D eigenvalue weighted by molar-refractivity contribution is 7.52. The van der Waals surface area contributed by atoms with Gasteiger partial charge in [-0.3, -0.25) is 19.1 Å². The lowest BCUT2D eigenvalue weighted by Crippen LogP contribution is -2.42. The molecule has 15 heteroatoms. The van der Waals surface area contributed by atoms with Gasteiger partial charge in [0, 0.05) is 6.20 Å². The molecule has 13 nitrogen and oxygen atoms in total. The van der Waals surface area contributed by atoms with E-state index in [1.807, 2.05) is 5.92 Å². The Balaban J connectivity index is 1.59. The Morgan fingerprint density at radius 2 is 2.08 bits per heavy atom. The van der Waals surface area contributed by atoms with Crippen molar-refractivity contribution in [3.05, 3.63) is 52.9 Å². The molecule has 0 aliphatic carbocycles. The number of carbonyl (C=O) groups excluding carboxylic acids is 1. The number of hydrogen-bond acceptors (Lipinski definition) is 10. The Labute approximate surface area is 228 Å². The van der Waals surface area contributed by atoms with Gasteiger partial charge in [-0.2, -0.15) is 10.1 Å². The minimum absolute atomic E-state index is 0.0328. The van der Waals surface area contributed by atoms with Gasteiger partial charge in [-0.15, -0.1) is 6.42 Å². The molecule has 1 aliphatic heterocycles. The molecule has 0 spiro atoms. The van der Waals surface area contributed by atoms with Crippen molar-refractivity contribution in [1.82, 2.24) is 19.6 Å². The zero-order valence-electron chi connectivity index (χ0n) is 21.8. The van der Waals surface area contributed by atoms with Crippen molar-refractivity contribution in [2.24, 2.45) is 0 Å². The Hall–Kier alpha value is -3.73. The van der Waals surface area contributed by atoms with Gasteiger partial charge in [0.25, 0.3) is 5.56 Å². The van der Waals surface area contributed by atoms with Crippen LogP contribution < -0.4 is 20.9 Å². The summed E-state index contributed by atoms with van der Waals surface area (Å²) in [7, 11) is -4.35. The number of hydrogen-bond donors (Lipinski definition) is 4. The first-order chi connectivity index (χ1) is 18.9. The fourth-order valence-electron chi connectivity index (χ4n) is 4.07. The number of fused-ring (bicyclic) bond motifs is 1. The highest BCUT2D eigenvalue weighted by atomic mass is 31.2. The smallest absolute Gasteiger partial charge is 0.459 e. The number of ether oxygens (including phenoxy) is 2. The largest absolute Gasteiger partial charge is 0.462 e. The van der Waals surface area contributed by atoms with Gasteiger partial charge in [0.2, 0.25) is 11.6 Å². The minimum Gasteiger partial charge on any atom is -0.462 e. The predicted molar refractivity (Wildman–Crippen MR) is 142 cm³/mol. The molecule has 214 valence electrons. The van der Waals surface area contributed by atoms with Crippen LogP contribution in [0.3, 0.4) is 0 Å². The molecule has 1 aliphatic rings. The Kier molecular flexibility index (Phi) is 8.34. The van der Waals surface area contributed by atoms with Crippen molar-refractivity contribution in [3.63, 3.8) is 0 Å². The number of esters is 1. The summed E-state index contributed by atoms with van der Waals surface area (Å²) in [5.74, 6) is 1.11. The van der Waals surface area contributed by atoms with Gasteiger partial charge in [-0.1, -0.05) is 24.1 Å². The van der Waals surface area contributed by atoms with E-state index in [4.69, 9.17) is 30.7 Å². The Bertz CT molecular complexity index is 1520. The number of carbonyl (C=O) groups is 1. The third kappa shape index (κ3) is 5.89. The number of H-pyrrole nitrogens is 1. The molecule has 2 unspecified atom stereocenters. The van der Waals surface area contributed by atoms with Gasteiger partial charge < -0.3 is 29.4 Å². The number of aliphatic hydroxyl groups excluding tert-OH is 1. The number of nitrogens with one attached hydrogen (secondary N) is 2. The number of alkyl halides is 1. The van der Waals surface area contributed by atoms with Crippen molar-refractivity contribution in [2.45, 2.75) is 57.0 Å². The fourth-order valence-corrected chi connectivity index (χ4v) is 5.57. The van der Waals surface area contributed by atoms with Crippen LogP contribution in [0.2, 0.25) is 0 Å². The van der Waals surface area contributed by atoms with Crippen molar-refractivity contribution < 1.29 is 37.4 Å². The van der Waals surface area contributed by atoms with Crippen LogP contribution in [0.1, 0.15) is 27.0 Å². The molecule has 3 heterocycles. The number of terminal acetylenes is 1. The number of aliphatic hydroxyl groups is 1. The van der Waals surface area contributed by atoms with Crippen LogP contribution in [0.4, 0.5) is 10.3 Å². The molecule has 4 rings (SSSR count). The highest BCUT2D eigenvalue weighted by Crippen LogP contribution is 2.48. The molecule has 1 fully saturated rings. The molecule has 0 bridgehead atoms. The van der Waals surface area contributed by atoms with Crippen LogP contribution in [0.5, 0.6) is 5.75 Å². The maximum atomic E-state index is 16.0. The van der Waals surface area contributed by atoms with Gasteiger partial charge in [0.05, 0.1) is 18.1 Å². The second-order valence-corrected chi connectivity index (χ2v) is 11.0. The van der Waals surface area contributed by atoms with Gasteiger partial charge in [0.15, 0.2) is 11.9 Å². The number of anilines is 1. The maximum Gasteiger partial charge on any atom is 0.459 e.